The van der Waals surface area contributed by atoms with E-state index in [-0.39, 0.29) is 5.56 Å². The zero-order valence-electron chi connectivity index (χ0n) is 18.2. The number of nitrogens with one attached hydrogen (secondary N) is 2. The van der Waals surface area contributed by atoms with Gasteiger partial charge in [-0.1, -0.05) is 32.0 Å². The van der Waals surface area contributed by atoms with Crippen LogP contribution in [0.2, 0.25) is 0 Å². The van der Waals surface area contributed by atoms with Gasteiger partial charge in [0.25, 0.3) is 5.56 Å². The van der Waals surface area contributed by atoms with Gasteiger partial charge in [0.1, 0.15) is 0 Å². The topological polar surface area (TPSA) is 54.2 Å². The predicted molar refractivity (Wildman–Crippen MR) is 117 cm³/mol. The molecule has 0 aliphatic carbocycles. The number of nitrogens with zero attached hydrogens (tertiary/aromatic N) is 3. The summed E-state index contributed by atoms with van der Waals surface area (Å²) in [5, 5.41) is 0. The van der Waals surface area contributed by atoms with Crippen molar-refractivity contribution in [2.24, 2.45) is 18.9 Å². The lowest BCUT2D eigenvalue weighted by atomic mass is 9.85. The van der Waals surface area contributed by atoms with Crippen LogP contribution in [0.3, 0.4) is 0 Å². The van der Waals surface area contributed by atoms with E-state index in [1.807, 2.05) is 42.1 Å². The van der Waals surface area contributed by atoms with Gasteiger partial charge in [-0.05, 0) is 63.2 Å². The first-order valence-corrected chi connectivity index (χ1v) is 11.0. The molecule has 4 rings (SSSR count). The van der Waals surface area contributed by atoms with Crippen LogP contribution in [0, 0.1) is 18.8 Å². The number of hydrogen-bond donors (Lipinski definition) is 2. The standard InChI is InChI=1S/C23H35N5O/c1-16(2)21-14-22(25-24-21)18-10-12-27(13-11-18)15-20-17(3)26(4)28(23(20)29)19-8-6-5-7-9-19/h5-9,16,18,21-22,24-25H,10-15H2,1-4H3. The molecule has 2 N–H and O–H groups in total. The Morgan fingerprint density at radius 1 is 1.10 bits per heavy atom. The maximum atomic E-state index is 13.2. The van der Waals surface area contributed by atoms with Crippen LogP contribution in [-0.4, -0.2) is 39.4 Å². The van der Waals surface area contributed by atoms with Crippen LogP contribution < -0.4 is 16.4 Å². The molecule has 0 amide bonds. The summed E-state index contributed by atoms with van der Waals surface area (Å²) in [6.45, 7) is 9.51. The van der Waals surface area contributed by atoms with Gasteiger partial charge in [0.05, 0.1) is 11.3 Å². The third kappa shape index (κ3) is 4.06. The molecule has 2 unspecified atom stereocenters. The first-order valence-electron chi connectivity index (χ1n) is 11.0. The Morgan fingerprint density at radius 2 is 1.79 bits per heavy atom. The molecule has 1 aromatic heterocycles. The van der Waals surface area contributed by atoms with Crippen molar-refractivity contribution in [2.75, 3.05) is 13.1 Å². The summed E-state index contributed by atoms with van der Waals surface area (Å²) in [6.07, 6.45) is 3.62. The minimum atomic E-state index is 0.111. The Kier molecular flexibility index (Phi) is 5.95. The lowest BCUT2D eigenvalue weighted by Crippen LogP contribution is -2.43. The van der Waals surface area contributed by atoms with Crippen molar-refractivity contribution in [2.45, 2.75) is 58.7 Å². The molecule has 2 aliphatic rings. The van der Waals surface area contributed by atoms with Crippen molar-refractivity contribution in [1.29, 1.82) is 0 Å². The van der Waals surface area contributed by atoms with E-state index in [4.69, 9.17) is 0 Å². The van der Waals surface area contributed by atoms with Crippen LogP contribution in [0.5, 0.6) is 0 Å². The summed E-state index contributed by atoms with van der Waals surface area (Å²) >= 11 is 0. The lowest BCUT2D eigenvalue weighted by molar-refractivity contribution is 0.155. The molecule has 2 saturated heterocycles. The maximum absolute atomic E-state index is 13.2. The van der Waals surface area contributed by atoms with E-state index in [0.29, 0.717) is 18.0 Å². The Morgan fingerprint density at radius 3 is 2.41 bits per heavy atom. The largest absolute Gasteiger partial charge is 0.299 e. The first-order chi connectivity index (χ1) is 14.0. The molecule has 2 aromatic rings. The van der Waals surface area contributed by atoms with E-state index in [1.54, 1.807) is 4.68 Å². The van der Waals surface area contributed by atoms with E-state index >= 15 is 0 Å². The van der Waals surface area contributed by atoms with Gasteiger partial charge in [-0.15, -0.1) is 0 Å². The number of para-hydroxylation sites is 1. The molecule has 1 aromatic carbocycles. The molecule has 3 heterocycles. The van der Waals surface area contributed by atoms with Crippen molar-refractivity contribution in [1.82, 2.24) is 25.1 Å². The van der Waals surface area contributed by atoms with Crippen LogP contribution in [-0.2, 0) is 13.6 Å². The average molecular weight is 398 g/mol. The molecule has 6 heteroatoms. The van der Waals surface area contributed by atoms with Crippen molar-refractivity contribution >= 4 is 0 Å². The van der Waals surface area contributed by atoms with E-state index in [9.17, 15) is 4.79 Å². The summed E-state index contributed by atoms with van der Waals surface area (Å²) in [7, 11) is 1.98. The van der Waals surface area contributed by atoms with E-state index < -0.39 is 0 Å². The highest BCUT2D eigenvalue weighted by Gasteiger charge is 2.33. The number of piperidine rings is 1. The molecule has 0 radical (unpaired) electrons. The molecule has 6 nitrogen and oxygen atoms in total. The Bertz CT molecular complexity index is 877. The van der Waals surface area contributed by atoms with Gasteiger partial charge in [-0.25, -0.2) is 4.68 Å². The normalized spacial score (nSPS) is 23.9. The Balaban J connectivity index is 1.41. The first kappa shape index (κ1) is 20.4. The number of hydrazine groups is 1. The number of rotatable bonds is 5. The molecule has 29 heavy (non-hydrogen) atoms. The van der Waals surface area contributed by atoms with Crippen LogP contribution >= 0.6 is 0 Å². The fourth-order valence-corrected chi connectivity index (χ4v) is 4.90. The summed E-state index contributed by atoms with van der Waals surface area (Å²) in [6, 6.07) is 11.1. The molecule has 0 bridgehead atoms. The fourth-order valence-electron chi connectivity index (χ4n) is 4.90. The minimum absolute atomic E-state index is 0.111. The van der Waals surface area contributed by atoms with Crippen molar-refractivity contribution in [3.8, 4) is 5.69 Å². The Hall–Kier alpha value is -1.89. The van der Waals surface area contributed by atoms with Crippen LogP contribution in [0.4, 0.5) is 0 Å². The molecule has 2 aliphatic heterocycles. The molecule has 2 fully saturated rings. The molecule has 0 spiro atoms. The second-order valence-electron chi connectivity index (χ2n) is 9.14. The lowest BCUT2D eigenvalue weighted by Gasteiger charge is -2.34. The molecular formula is C23H35N5O. The predicted octanol–water partition coefficient (Wildman–Crippen LogP) is 2.59. The minimum Gasteiger partial charge on any atom is -0.299 e. The van der Waals surface area contributed by atoms with Gasteiger partial charge in [0.15, 0.2) is 0 Å². The molecule has 2 atom stereocenters. The molecule has 0 saturated carbocycles. The van der Waals surface area contributed by atoms with E-state index in [2.05, 4.69) is 36.5 Å². The fraction of sp³-hybridized carbons (Fsp3) is 0.609. The van der Waals surface area contributed by atoms with Crippen molar-refractivity contribution in [3.05, 3.63) is 51.9 Å². The third-order valence-corrected chi connectivity index (χ3v) is 7.02. The van der Waals surface area contributed by atoms with Gasteiger partial charge in [0, 0.05) is 31.4 Å². The van der Waals surface area contributed by atoms with Crippen molar-refractivity contribution in [3.63, 3.8) is 0 Å². The number of likely N-dealkylation sites (tertiary alicyclic amines) is 1. The summed E-state index contributed by atoms with van der Waals surface area (Å²) in [4.78, 5) is 15.6. The summed E-state index contributed by atoms with van der Waals surface area (Å²) in [5.41, 5.74) is 10.0. The van der Waals surface area contributed by atoms with Crippen LogP contribution in [0.25, 0.3) is 5.69 Å². The van der Waals surface area contributed by atoms with Gasteiger partial charge in [-0.2, -0.15) is 0 Å². The highest BCUT2D eigenvalue weighted by molar-refractivity contribution is 5.33. The van der Waals surface area contributed by atoms with Gasteiger partial charge in [-0.3, -0.25) is 25.2 Å². The smallest absolute Gasteiger partial charge is 0.276 e. The van der Waals surface area contributed by atoms with Crippen LogP contribution in [0.1, 0.15) is 44.4 Å². The maximum Gasteiger partial charge on any atom is 0.276 e. The second kappa shape index (κ2) is 8.46. The zero-order chi connectivity index (χ0) is 20.5. The zero-order valence-corrected chi connectivity index (χ0v) is 18.2. The number of benzene rings is 1. The highest BCUT2D eigenvalue weighted by Crippen LogP contribution is 2.27. The third-order valence-electron chi connectivity index (χ3n) is 7.02. The van der Waals surface area contributed by atoms with Crippen molar-refractivity contribution < 1.29 is 0 Å². The SMILES string of the molecule is Cc1c(CN2CCC(C3CC(C(C)C)NN3)CC2)c(=O)n(-c2ccccc2)n1C. The van der Waals surface area contributed by atoms with Gasteiger partial charge in [0.2, 0.25) is 0 Å². The summed E-state index contributed by atoms with van der Waals surface area (Å²) < 4.78 is 3.78. The number of aromatic nitrogens is 2. The second-order valence-corrected chi connectivity index (χ2v) is 9.14. The molecular weight excluding hydrogens is 362 g/mol. The monoisotopic (exact) mass is 397 g/mol. The number of hydrogen-bond acceptors (Lipinski definition) is 4. The molecule has 158 valence electrons. The van der Waals surface area contributed by atoms with E-state index in [0.717, 1.165) is 42.5 Å². The Labute approximate surface area is 173 Å². The van der Waals surface area contributed by atoms with Crippen LogP contribution in [0.15, 0.2) is 35.1 Å². The highest BCUT2D eigenvalue weighted by atomic mass is 16.1. The van der Waals surface area contributed by atoms with E-state index in [1.165, 1.54) is 19.3 Å². The quantitative estimate of drug-likeness (QED) is 0.814. The average Bonchev–Trinajstić information content (AvgIpc) is 3.30. The summed E-state index contributed by atoms with van der Waals surface area (Å²) in [5.74, 6) is 1.39. The van der Waals surface area contributed by atoms with Gasteiger partial charge >= 0.3 is 0 Å². The van der Waals surface area contributed by atoms with Gasteiger partial charge < -0.3 is 0 Å².